The van der Waals surface area contributed by atoms with Gasteiger partial charge in [-0.25, -0.2) is 0 Å². The maximum Gasteiger partial charge on any atom is 0.0686 e. The molecule has 0 radical (unpaired) electrons. The maximum absolute atomic E-state index is 9.81. The summed E-state index contributed by atoms with van der Waals surface area (Å²) < 4.78 is 1.98. The fraction of sp³-hybridized carbons (Fsp3) is 0.727. The van der Waals surface area contributed by atoms with Crippen LogP contribution >= 0.6 is 11.8 Å². The number of aryl methyl sites for hydroxylation is 1. The Labute approximate surface area is 95.9 Å². The van der Waals surface area contributed by atoms with E-state index in [-0.39, 0.29) is 10.9 Å². The molecule has 0 aliphatic heterocycles. The van der Waals surface area contributed by atoms with Gasteiger partial charge in [-0.05, 0) is 6.07 Å². The van der Waals surface area contributed by atoms with E-state index >= 15 is 0 Å². The Kier molecular flexibility index (Phi) is 4.22. The standard InChI is InChI=1S/C11H20N2OS/c1-11(2,3)15-8-10(14)7-9-5-6-13(4)12-9/h5-6,10,14H,7-8H2,1-4H3. The lowest BCUT2D eigenvalue weighted by molar-refractivity contribution is 0.198. The molecule has 15 heavy (non-hydrogen) atoms. The minimum atomic E-state index is -0.302. The van der Waals surface area contributed by atoms with Gasteiger partial charge in [0.2, 0.25) is 0 Å². The van der Waals surface area contributed by atoms with Crippen molar-refractivity contribution in [3.8, 4) is 0 Å². The van der Waals surface area contributed by atoms with E-state index in [2.05, 4.69) is 25.9 Å². The fourth-order valence-corrected chi connectivity index (χ4v) is 2.03. The molecule has 1 heterocycles. The predicted octanol–water partition coefficient (Wildman–Crippen LogP) is 1.86. The molecular formula is C11H20N2OS. The lowest BCUT2D eigenvalue weighted by Gasteiger charge is -2.19. The molecule has 0 saturated carbocycles. The summed E-state index contributed by atoms with van der Waals surface area (Å²) in [5, 5.41) is 14.0. The maximum atomic E-state index is 9.81. The van der Waals surface area contributed by atoms with Crippen LogP contribution in [0.3, 0.4) is 0 Å². The summed E-state index contributed by atoms with van der Waals surface area (Å²) in [6, 6.07) is 1.95. The van der Waals surface area contributed by atoms with Crippen LogP contribution < -0.4 is 0 Å². The molecule has 0 aliphatic rings. The predicted molar refractivity (Wildman–Crippen MR) is 65.1 cm³/mol. The summed E-state index contributed by atoms with van der Waals surface area (Å²) in [5.41, 5.74) is 0.958. The van der Waals surface area contributed by atoms with Crippen LogP contribution in [0.5, 0.6) is 0 Å². The lowest BCUT2D eigenvalue weighted by Crippen LogP contribution is -2.19. The molecule has 0 aliphatic carbocycles. The van der Waals surface area contributed by atoms with Gasteiger partial charge in [0.15, 0.2) is 0 Å². The molecular weight excluding hydrogens is 208 g/mol. The Morgan fingerprint density at radius 1 is 1.53 bits per heavy atom. The Morgan fingerprint density at radius 3 is 2.67 bits per heavy atom. The summed E-state index contributed by atoms with van der Waals surface area (Å²) in [5.74, 6) is 0.764. The van der Waals surface area contributed by atoms with Gasteiger partial charge in [-0.2, -0.15) is 16.9 Å². The first-order chi connectivity index (χ1) is 6.87. The third-order valence-electron chi connectivity index (χ3n) is 1.92. The summed E-state index contributed by atoms with van der Waals surface area (Å²) in [6.45, 7) is 6.47. The van der Waals surface area contributed by atoms with Crippen molar-refractivity contribution in [1.29, 1.82) is 0 Å². The van der Waals surface area contributed by atoms with Gasteiger partial charge < -0.3 is 5.11 Å². The van der Waals surface area contributed by atoms with Crippen LogP contribution in [0.15, 0.2) is 12.3 Å². The smallest absolute Gasteiger partial charge is 0.0686 e. The van der Waals surface area contributed by atoms with Crippen LogP contribution in [-0.2, 0) is 13.5 Å². The Morgan fingerprint density at radius 2 is 2.20 bits per heavy atom. The molecule has 0 saturated heterocycles. The van der Waals surface area contributed by atoms with E-state index in [4.69, 9.17) is 0 Å². The minimum Gasteiger partial charge on any atom is -0.392 e. The number of nitrogens with zero attached hydrogens (tertiary/aromatic N) is 2. The highest BCUT2D eigenvalue weighted by Gasteiger charge is 2.14. The Hall–Kier alpha value is -0.480. The zero-order valence-electron chi connectivity index (χ0n) is 9.90. The summed E-state index contributed by atoms with van der Waals surface area (Å²) in [7, 11) is 1.89. The van der Waals surface area contributed by atoms with E-state index in [0.717, 1.165) is 11.4 Å². The molecule has 1 aromatic rings. The average Bonchev–Trinajstić information content (AvgIpc) is 2.47. The topological polar surface area (TPSA) is 38.0 Å². The van der Waals surface area contributed by atoms with Crippen LogP contribution in [-0.4, -0.2) is 31.5 Å². The van der Waals surface area contributed by atoms with Crippen LogP contribution in [0.1, 0.15) is 26.5 Å². The van der Waals surface area contributed by atoms with E-state index in [9.17, 15) is 5.11 Å². The monoisotopic (exact) mass is 228 g/mol. The molecule has 1 aromatic heterocycles. The number of aliphatic hydroxyl groups excluding tert-OH is 1. The van der Waals surface area contributed by atoms with Crippen molar-refractivity contribution in [1.82, 2.24) is 9.78 Å². The molecule has 3 nitrogen and oxygen atoms in total. The SMILES string of the molecule is Cn1ccc(CC(O)CSC(C)(C)C)n1. The quantitative estimate of drug-likeness (QED) is 0.854. The van der Waals surface area contributed by atoms with Crippen molar-refractivity contribution in [2.24, 2.45) is 7.05 Å². The van der Waals surface area contributed by atoms with Crippen LogP contribution in [0, 0.1) is 0 Å². The first kappa shape index (κ1) is 12.6. The molecule has 1 rings (SSSR count). The third-order valence-corrected chi connectivity index (χ3v) is 3.34. The van der Waals surface area contributed by atoms with Crippen molar-refractivity contribution in [3.63, 3.8) is 0 Å². The second-order valence-corrected chi connectivity index (χ2v) is 6.61. The van der Waals surface area contributed by atoms with Crippen molar-refractivity contribution in [2.45, 2.75) is 38.0 Å². The van der Waals surface area contributed by atoms with Crippen LogP contribution in [0.4, 0.5) is 0 Å². The van der Waals surface area contributed by atoms with Crippen LogP contribution in [0.25, 0.3) is 0 Å². The molecule has 0 spiro atoms. The number of rotatable bonds is 4. The highest BCUT2D eigenvalue weighted by atomic mass is 32.2. The highest BCUT2D eigenvalue weighted by molar-refractivity contribution is 8.00. The van der Waals surface area contributed by atoms with Crippen molar-refractivity contribution in [2.75, 3.05) is 5.75 Å². The molecule has 1 unspecified atom stereocenters. The van der Waals surface area contributed by atoms with Gasteiger partial charge in [-0.15, -0.1) is 0 Å². The van der Waals surface area contributed by atoms with Gasteiger partial charge in [0.25, 0.3) is 0 Å². The normalized spacial score (nSPS) is 14.2. The highest BCUT2D eigenvalue weighted by Crippen LogP contribution is 2.24. The molecule has 1 N–H and O–H groups in total. The van der Waals surface area contributed by atoms with Crippen molar-refractivity contribution < 1.29 is 5.11 Å². The molecule has 86 valence electrons. The molecule has 0 bridgehead atoms. The lowest BCUT2D eigenvalue weighted by atomic mass is 10.2. The van der Waals surface area contributed by atoms with E-state index in [1.54, 1.807) is 16.4 Å². The second-order valence-electron chi connectivity index (χ2n) is 4.76. The molecule has 0 fully saturated rings. The second kappa shape index (κ2) is 5.03. The number of aliphatic hydroxyl groups is 1. The third kappa shape index (κ3) is 5.23. The Bertz CT molecular complexity index is 304. The number of thioether (sulfide) groups is 1. The van der Waals surface area contributed by atoms with E-state index in [1.165, 1.54) is 0 Å². The van der Waals surface area contributed by atoms with Gasteiger partial charge in [-0.1, -0.05) is 20.8 Å². The van der Waals surface area contributed by atoms with Gasteiger partial charge >= 0.3 is 0 Å². The van der Waals surface area contributed by atoms with Gasteiger partial charge in [0, 0.05) is 30.2 Å². The average molecular weight is 228 g/mol. The molecule has 0 amide bonds. The van der Waals surface area contributed by atoms with Crippen LogP contribution in [0.2, 0.25) is 0 Å². The summed E-state index contributed by atoms with van der Waals surface area (Å²) in [6.07, 6.45) is 2.24. The van der Waals surface area contributed by atoms with Crippen molar-refractivity contribution in [3.05, 3.63) is 18.0 Å². The van der Waals surface area contributed by atoms with E-state index in [1.807, 2.05) is 19.3 Å². The Balaban J connectivity index is 2.33. The molecule has 4 heteroatoms. The van der Waals surface area contributed by atoms with E-state index < -0.39 is 0 Å². The minimum absolute atomic E-state index is 0.213. The van der Waals surface area contributed by atoms with Gasteiger partial charge in [0.05, 0.1) is 11.8 Å². The summed E-state index contributed by atoms with van der Waals surface area (Å²) >= 11 is 1.78. The summed E-state index contributed by atoms with van der Waals surface area (Å²) in [4.78, 5) is 0. The number of aromatic nitrogens is 2. The first-order valence-electron chi connectivity index (χ1n) is 5.17. The largest absolute Gasteiger partial charge is 0.392 e. The number of hydrogen-bond acceptors (Lipinski definition) is 3. The van der Waals surface area contributed by atoms with Gasteiger partial charge in [0.1, 0.15) is 0 Å². The molecule has 0 aromatic carbocycles. The van der Waals surface area contributed by atoms with E-state index in [0.29, 0.717) is 6.42 Å². The zero-order chi connectivity index (χ0) is 11.5. The molecule has 1 atom stereocenters. The number of hydrogen-bond donors (Lipinski definition) is 1. The zero-order valence-corrected chi connectivity index (χ0v) is 10.7. The first-order valence-corrected chi connectivity index (χ1v) is 6.16. The van der Waals surface area contributed by atoms with Gasteiger partial charge in [-0.3, -0.25) is 4.68 Å². The van der Waals surface area contributed by atoms with Crippen molar-refractivity contribution >= 4 is 11.8 Å². The fourth-order valence-electron chi connectivity index (χ4n) is 1.22.